The molecule has 132 valence electrons. The summed E-state index contributed by atoms with van der Waals surface area (Å²) in [6, 6.07) is 9.97. The molecule has 0 bridgehead atoms. The van der Waals surface area contributed by atoms with Gasteiger partial charge in [-0.25, -0.2) is 9.97 Å². The standard InChI is InChI=1S/C16H18ClN3O.2CH3.2Y/c1-12-18-15(10-13-2-4-14(17)5-3-13)11-16(19-12)20-6-8-21-9-7-20;;;;/h2-5,11H,6-10H2,1H3;2*1H3;;/q;2*-1;;. The van der Waals surface area contributed by atoms with Crippen LogP contribution < -0.4 is 4.90 Å². The van der Waals surface area contributed by atoms with Crippen LogP contribution in [-0.4, -0.2) is 36.3 Å². The number of hydrogen-bond acceptors (Lipinski definition) is 4. The number of rotatable bonds is 3. The molecule has 1 fully saturated rings. The first-order chi connectivity index (χ1) is 10.2. The molecule has 0 saturated carbocycles. The predicted octanol–water partition coefficient (Wildman–Crippen LogP) is 3.76. The van der Waals surface area contributed by atoms with Gasteiger partial charge in [0.15, 0.2) is 0 Å². The van der Waals surface area contributed by atoms with E-state index in [1.54, 1.807) is 0 Å². The molecule has 1 saturated heterocycles. The minimum absolute atomic E-state index is 0. The summed E-state index contributed by atoms with van der Waals surface area (Å²) in [6.45, 7) is 5.23. The van der Waals surface area contributed by atoms with E-state index in [-0.39, 0.29) is 80.3 Å². The predicted molar refractivity (Wildman–Crippen MR) is 96.9 cm³/mol. The summed E-state index contributed by atoms with van der Waals surface area (Å²) >= 11 is 5.92. The third-order valence-corrected chi connectivity index (χ3v) is 3.76. The minimum atomic E-state index is 0. The average Bonchev–Trinajstić information content (AvgIpc) is 2.50. The Hall–Kier alpha value is 0.558. The Morgan fingerprint density at radius 1 is 1.04 bits per heavy atom. The Kier molecular flexibility index (Phi) is 15.2. The molecule has 1 aromatic heterocycles. The van der Waals surface area contributed by atoms with Crippen molar-refractivity contribution in [3.8, 4) is 0 Å². The van der Waals surface area contributed by atoms with Crippen molar-refractivity contribution in [2.45, 2.75) is 13.3 Å². The van der Waals surface area contributed by atoms with Gasteiger partial charge in [-0.05, 0) is 24.6 Å². The Bertz CT molecular complexity index is 620. The molecule has 0 atom stereocenters. The maximum atomic E-state index is 5.92. The largest absolute Gasteiger partial charge is 0.378 e. The van der Waals surface area contributed by atoms with Crippen molar-refractivity contribution < 1.29 is 70.2 Å². The van der Waals surface area contributed by atoms with Crippen molar-refractivity contribution in [3.63, 3.8) is 0 Å². The third kappa shape index (κ3) is 8.41. The number of benzene rings is 1. The van der Waals surface area contributed by atoms with Crippen LogP contribution in [0.2, 0.25) is 5.02 Å². The average molecular weight is 512 g/mol. The molecule has 1 aliphatic rings. The van der Waals surface area contributed by atoms with E-state index in [4.69, 9.17) is 16.3 Å². The van der Waals surface area contributed by atoms with Gasteiger partial charge in [0, 0.05) is 96.0 Å². The molecule has 0 spiro atoms. The fourth-order valence-electron chi connectivity index (χ4n) is 2.47. The topological polar surface area (TPSA) is 38.2 Å². The maximum absolute atomic E-state index is 5.92. The summed E-state index contributed by atoms with van der Waals surface area (Å²) in [5, 5.41) is 0.756. The van der Waals surface area contributed by atoms with E-state index in [0.717, 1.165) is 55.1 Å². The monoisotopic (exact) mass is 511 g/mol. The summed E-state index contributed by atoms with van der Waals surface area (Å²) in [6.07, 6.45) is 0.790. The van der Waals surface area contributed by atoms with Gasteiger partial charge in [-0.15, -0.1) is 0 Å². The third-order valence-electron chi connectivity index (χ3n) is 3.51. The molecule has 0 unspecified atom stereocenters. The van der Waals surface area contributed by atoms with Crippen LogP contribution in [0.25, 0.3) is 0 Å². The van der Waals surface area contributed by atoms with Gasteiger partial charge in [0.05, 0.1) is 18.9 Å². The molecule has 7 heteroatoms. The fourth-order valence-corrected chi connectivity index (χ4v) is 2.59. The van der Waals surface area contributed by atoms with Crippen LogP contribution in [0, 0.1) is 21.8 Å². The molecule has 0 amide bonds. The molecule has 2 heterocycles. The van der Waals surface area contributed by atoms with Crippen LogP contribution in [0.5, 0.6) is 0 Å². The second kappa shape index (κ2) is 13.7. The van der Waals surface area contributed by atoms with Gasteiger partial charge >= 0.3 is 0 Å². The summed E-state index contributed by atoms with van der Waals surface area (Å²) in [5.41, 5.74) is 2.23. The van der Waals surface area contributed by atoms with Crippen LogP contribution in [0.15, 0.2) is 30.3 Å². The van der Waals surface area contributed by atoms with Gasteiger partial charge in [-0.2, -0.15) is 0 Å². The van der Waals surface area contributed by atoms with Crippen LogP contribution >= 0.6 is 11.6 Å². The van der Waals surface area contributed by atoms with Gasteiger partial charge in [-0.3, -0.25) is 0 Å². The zero-order valence-electron chi connectivity index (χ0n) is 15.2. The fraction of sp³-hybridized carbons (Fsp3) is 0.333. The van der Waals surface area contributed by atoms with Gasteiger partial charge in [0.1, 0.15) is 11.6 Å². The maximum Gasteiger partial charge on any atom is 0.132 e. The van der Waals surface area contributed by atoms with Gasteiger partial charge in [0.2, 0.25) is 0 Å². The van der Waals surface area contributed by atoms with Crippen LogP contribution in [0.3, 0.4) is 0 Å². The molecule has 3 rings (SSSR count). The smallest absolute Gasteiger partial charge is 0.132 e. The molecule has 0 N–H and O–H groups in total. The van der Waals surface area contributed by atoms with Crippen molar-refractivity contribution >= 4 is 17.4 Å². The number of anilines is 1. The zero-order valence-corrected chi connectivity index (χ0v) is 21.6. The Morgan fingerprint density at radius 2 is 1.64 bits per heavy atom. The Balaban J connectivity index is 0. The molecule has 0 aliphatic carbocycles. The molecular formula is C18H24ClN3OY2-2. The number of nitrogens with zero attached hydrogens (tertiary/aromatic N) is 3. The van der Waals surface area contributed by atoms with Crippen molar-refractivity contribution in [2.75, 3.05) is 31.2 Å². The zero-order chi connectivity index (χ0) is 14.7. The molecule has 2 radical (unpaired) electrons. The quantitative estimate of drug-likeness (QED) is 0.589. The molecule has 2 aromatic rings. The summed E-state index contributed by atoms with van der Waals surface area (Å²) < 4.78 is 5.39. The number of hydrogen-bond donors (Lipinski definition) is 0. The van der Waals surface area contributed by atoms with Crippen molar-refractivity contribution in [1.29, 1.82) is 0 Å². The molecule has 25 heavy (non-hydrogen) atoms. The van der Waals surface area contributed by atoms with E-state index in [0.29, 0.717) is 0 Å². The minimum Gasteiger partial charge on any atom is -0.378 e. The number of halogens is 1. The van der Waals surface area contributed by atoms with Crippen molar-refractivity contribution in [2.24, 2.45) is 0 Å². The second-order valence-electron chi connectivity index (χ2n) is 5.17. The van der Waals surface area contributed by atoms with Gasteiger partial charge in [0.25, 0.3) is 0 Å². The van der Waals surface area contributed by atoms with Crippen molar-refractivity contribution in [3.05, 3.63) is 67.3 Å². The van der Waals surface area contributed by atoms with Crippen LogP contribution in [0.1, 0.15) is 17.1 Å². The van der Waals surface area contributed by atoms with Gasteiger partial charge in [-0.1, -0.05) is 23.7 Å². The van der Waals surface area contributed by atoms with Crippen molar-refractivity contribution in [1.82, 2.24) is 9.97 Å². The van der Waals surface area contributed by atoms with E-state index < -0.39 is 0 Å². The summed E-state index contributed by atoms with van der Waals surface area (Å²) in [5.74, 6) is 1.80. The first-order valence-electron chi connectivity index (χ1n) is 7.12. The van der Waals surface area contributed by atoms with Gasteiger partial charge < -0.3 is 24.5 Å². The summed E-state index contributed by atoms with van der Waals surface area (Å²) in [7, 11) is 0. The van der Waals surface area contributed by atoms with Crippen LogP contribution in [-0.2, 0) is 76.6 Å². The molecule has 1 aliphatic heterocycles. The summed E-state index contributed by atoms with van der Waals surface area (Å²) in [4.78, 5) is 11.3. The molecule has 4 nitrogen and oxygen atoms in total. The Morgan fingerprint density at radius 3 is 2.24 bits per heavy atom. The second-order valence-corrected chi connectivity index (χ2v) is 5.60. The molecule has 1 aromatic carbocycles. The van der Waals surface area contributed by atoms with E-state index in [1.807, 2.05) is 31.2 Å². The molecular weight excluding hydrogens is 487 g/mol. The Labute approximate surface area is 207 Å². The van der Waals surface area contributed by atoms with E-state index in [9.17, 15) is 0 Å². The number of aryl methyl sites for hydroxylation is 1. The normalized spacial score (nSPS) is 12.8. The van der Waals surface area contributed by atoms with E-state index in [2.05, 4.69) is 20.9 Å². The number of morpholine rings is 1. The first kappa shape index (κ1) is 27.8. The number of ether oxygens (including phenoxy) is 1. The first-order valence-corrected chi connectivity index (χ1v) is 7.50. The van der Waals surface area contributed by atoms with E-state index in [1.165, 1.54) is 5.56 Å². The van der Waals surface area contributed by atoms with Crippen LogP contribution in [0.4, 0.5) is 5.82 Å². The van der Waals surface area contributed by atoms with E-state index >= 15 is 0 Å². The number of aromatic nitrogens is 2. The SMILES string of the molecule is Cc1nc(Cc2ccc(Cl)cc2)cc(N2CCOCC2)n1.[CH3-].[CH3-].[Y].[Y].